The first-order valence-corrected chi connectivity index (χ1v) is 13.0. The Hall–Kier alpha value is -2.61. The van der Waals surface area contributed by atoms with Crippen molar-refractivity contribution in [3.05, 3.63) is 59.7 Å². The number of carbonyl (C=O) groups excluding carboxylic acids is 1. The lowest BCUT2D eigenvalue weighted by Gasteiger charge is -2.39. The number of para-hydroxylation sites is 1. The molecular formula is C29H41N3O4. The van der Waals surface area contributed by atoms with Crippen LogP contribution in [0.2, 0.25) is 0 Å². The molecule has 0 spiro atoms. The number of benzene rings is 2. The zero-order chi connectivity index (χ0) is 25.5. The van der Waals surface area contributed by atoms with Gasteiger partial charge in [0, 0.05) is 63.3 Å². The van der Waals surface area contributed by atoms with Crippen LogP contribution >= 0.6 is 0 Å². The standard InChI is InChI=1S/C29H41N3O4/c1-30(2)15-7-17-36-28-9-6-5-8-23(28)18-32-19-25(22-10-12-24(35-4)13-11-22)26-20-31(16-14-27(26)32)29(33)21-34-3/h5-6,8-13,25-27H,7,14-21H2,1-4H3/t25-,26-,27-/m1/s1. The fraction of sp³-hybridized carbons (Fsp3) is 0.552. The van der Waals surface area contributed by atoms with E-state index < -0.39 is 0 Å². The molecule has 2 aromatic carbocycles. The Balaban J connectivity index is 1.52. The van der Waals surface area contributed by atoms with E-state index in [0.29, 0.717) is 24.5 Å². The summed E-state index contributed by atoms with van der Waals surface area (Å²) in [7, 11) is 7.46. The van der Waals surface area contributed by atoms with E-state index in [4.69, 9.17) is 14.2 Å². The Kier molecular flexibility index (Phi) is 9.24. The Morgan fingerprint density at radius 2 is 1.83 bits per heavy atom. The van der Waals surface area contributed by atoms with Gasteiger partial charge in [0.15, 0.2) is 0 Å². The Morgan fingerprint density at radius 3 is 2.56 bits per heavy atom. The third-order valence-corrected chi connectivity index (χ3v) is 7.56. The number of ether oxygens (including phenoxy) is 3. The molecule has 0 aliphatic carbocycles. The van der Waals surface area contributed by atoms with E-state index in [1.807, 2.05) is 17.0 Å². The second kappa shape index (κ2) is 12.6. The number of likely N-dealkylation sites (tertiary alicyclic amines) is 2. The number of hydrogen-bond donors (Lipinski definition) is 0. The molecule has 2 fully saturated rings. The molecule has 1 amide bonds. The van der Waals surface area contributed by atoms with Crippen LogP contribution in [0.3, 0.4) is 0 Å². The molecule has 2 aliphatic rings. The molecule has 0 bridgehead atoms. The smallest absolute Gasteiger partial charge is 0.248 e. The third kappa shape index (κ3) is 6.38. The molecule has 2 heterocycles. The zero-order valence-corrected chi connectivity index (χ0v) is 22.2. The van der Waals surface area contributed by atoms with Crippen LogP contribution in [0.5, 0.6) is 11.5 Å². The maximum absolute atomic E-state index is 12.6. The van der Waals surface area contributed by atoms with Gasteiger partial charge >= 0.3 is 0 Å². The first-order valence-electron chi connectivity index (χ1n) is 13.0. The van der Waals surface area contributed by atoms with Crippen LogP contribution in [0.4, 0.5) is 0 Å². The second-order valence-corrected chi connectivity index (χ2v) is 10.2. The van der Waals surface area contributed by atoms with Gasteiger partial charge in [-0.15, -0.1) is 0 Å². The predicted octanol–water partition coefficient (Wildman–Crippen LogP) is 3.49. The largest absolute Gasteiger partial charge is 0.497 e. The number of methoxy groups -OCH3 is 2. The highest BCUT2D eigenvalue weighted by molar-refractivity contribution is 5.77. The fourth-order valence-corrected chi connectivity index (χ4v) is 5.73. The Morgan fingerprint density at radius 1 is 1.06 bits per heavy atom. The minimum absolute atomic E-state index is 0.0827. The maximum atomic E-state index is 12.6. The van der Waals surface area contributed by atoms with Crippen molar-refractivity contribution in [3.8, 4) is 11.5 Å². The van der Waals surface area contributed by atoms with Gasteiger partial charge in [-0.05, 0) is 50.7 Å². The Labute approximate surface area is 215 Å². The van der Waals surface area contributed by atoms with Gasteiger partial charge in [-0.2, -0.15) is 0 Å². The highest BCUT2D eigenvalue weighted by atomic mass is 16.5. The van der Waals surface area contributed by atoms with Crippen molar-refractivity contribution in [1.29, 1.82) is 0 Å². The van der Waals surface area contributed by atoms with Crippen molar-refractivity contribution in [2.75, 3.05) is 67.7 Å². The molecule has 2 aliphatic heterocycles. The highest BCUT2D eigenvalue weighted by Crippen LogP contribution is 2.43. The number of nitrogens with zero attached hydrogens (tertiary/aromatic N) is 3. The molecule has 0 N–H and O–H groups in total. The summed E-state index contributed by atoms with van der Waals surface area (Å²) in [6.45, 7) is 5.23. The van der Waals surface area contributed by atoms with Gasteiger partial charge in [0.25, 0.3) is 0 Å². The Bertz CT molecular complexity index is 981. The first kappa shape index (κ1) is 26.5. The summed E-state index contributed by atoms with van der Waals surface area (Å²) >= 11 is 0. The van der Waals surface area contributed by atoms with Crippen LogP contribution in [0.25, 0.3) is 0 Å². The quantitative estimate of drug-likeness (QED) is 0.445. The molecule has 2 aromatic rings. The van der Waals surface area contributed by atoms with E-state index in [9.17, 15) is 4.79 Å². The predicted molar refractivity (Wildman–Crippen MR) is 142 cm³/mol. The molecule has 2 saturated heterocycles. The van der Waals surface area contributed by atoms with E-state index >= 15 is 0 Å². The zero-order valence-electron chi connectivity index (χ0n) is 22.2. The van der Waals surface area contributed by atoms with E-state index in [1.54, 1.807) is 14.2 Å². The summed E-state index contributed by atoms with van der Waals surface area (Å²) in [6.07, 6.45) is 1.97. The number of amides is 1. The van der Waals surface area contributed by atoms with Crippen molar-refractivity contribution in [1.82, 2.24) is 14.7 Å². The lowest BCUT2D eigenvalue weighted by molar-refractivity contribution is -0.137. The van der Waals surface area contributed by atoms with Gasteiger partial charge in [-0.1, -0.05) is 30.3 Å². The monoisotopic (exact) mass is 495 g/mol. The summed E-state index contributed by atoms with van der Waals surface area (Å²) in [5, 5.41) is 0. The van der Waals surface area contributed by atoms with Gasteiger partial charge in [0.2, 0.25) is 5.91 Å². The van der Waals surface area contributed by atoms with Crippen molar-refractivity contribution >= 4 is 5.91 Å². The second-order valence-electron chi connectivity index (χ2n) is 10.2. The van der Waals surface area contributed by atoms with Crippen LogP contribution in [0.15, 0.2) is 48.5 Å². The molecule has 4 rings (SSSR count). The van der Waals surface area contributed by atoms with Crippen molar-refractivity contribution in [2.24, 2.45) is 5.92 Å². The number of piperidine rings is 1. The maximum Gasteiger partial charge on any atom is 0.248 e. The number of hydrogen-bond acceptors (Lipinski definition) is 6. The molecule has 7 heteroatoms. The average Bonchev–Trinajstić information content (AvgIpc) is 3.25. The summed E-state index contributed by atoms with van der Waals surface area (Å²) in [4.78, 5) is 19.4. The molecule has 3 atom stereocenters. The topological polar surface area (TPSA) is 54.5 Å². The van der Waals surface area contributed by atoms with Crippen LogP contribution < -0.4 is 9.47 Å². The number of rotatable bonds is 11. The molecule has 196 valence electrons. The summed E-state index contributed by atoms with van der Waals surface area (Å²) < 4.78 is 16.7. The minimum Gasteiger partial charge on any atom is -0.497 e. The molecular weight excluding hydrogens is 454 g/mol. The number of fused-ring (bicyclic) bond motifs is 1. The van der Waals surface area contributed by atoms with E-state index in [-0.39, 0.29) is 12.5 Å². The van der Waals surface area contributed by atoms with Crippen molar-refractivity contribution < 1.29 is 19.0 Å². The van der Waals surface area contributed by atoms with Gasteiger partial charge in [0.05, 0.1) is 13.7 Å². The van der Waals surface area contributed by atoms with Crippen LogP contribution in [0.1, 0.15) is 29.9 Å². The van der Waals surface area contributed by atoms with Crippen LogP contribution in [-0.2, 0) is 16.1 Å². The van der Waals surface area contributed by atoms with Crippen LogP contribution in [0, 0.1) is 5.92 Å². The summed E-state index contributed by atoms with van der Waals surface area (Å²) in [6, 6.07) is 17.3. The molecule has 0 unspecified atom stereocenters. The van der Waals surface area contributed by atoms with E-state index in [1.165, 1.54) is 11.1 Å². The van der Waals surface area contributed by atoms with E-state index in [2.05, 4.69) is 60.3 Å². The van der Waals surface area contributed by atoms with Crippen LogP contribution in [-0.4, -0.2) is 94.4 Å². The van der Waals surface area contributed by atoms with Gasteiger partial charge < -0.3 is 24.0 Å². The van der Waals surface area contributed by atoms with Gasteiger partial charge in [-0.25, -0.2) is 0 Å². The normalized spacial score (nSPS) is 22.0. The molecule has 0 aromatic heterocycles. The highest BCUT2D eigenvalue weighted by Gasteiger charge is 2.46. The lowest BCUT2D eigenvalue weighted by Crippen LogP contribution is -2.49. The van der Waals surface area contributed by atoms with E-state index in [0.717, 1.165) is 57.1 Å². The van der Waals surface area contributed by atoms with Crippen molar-refractivity contribution in [3.63, 3.8) is 0 Å². The minimum atomic E-state index is 0.0827. The van der Waals surface area contributed by atoms with Crippen molar-refractivity contribution in [2.45, 2.75) is 31.3 Å². The SMILES string of the molecule is COCC(=O)N1CC[C@@H]2[C@H](C1)[C@@H](c1ccc(OC)cc1)CN2Cc1ccccc1OCCCN(C)C. The lowest BCUT2D eigenvalue weighted by atomic mass is 9.81. The van der Waals surface area contributed by atoms with Gasteiger partial charge in [-0.3, -0.25) is 9.69 Å². The fourth-order valence-electron chi connectivity index (χ4n) is 5.73. The molecule has 7 nitrogen and oxygen atoms in total. The summed E-state index contributed by atoms with van der Waals surface area (Å²) in [5.74, 6) is 2.66. The molecule has 0 radical (unpaired) electrons. The average molecular weight is 496 g/mol. The number of carbonyl (C=O) groups is 1. The molecule has 0 saturated carbocycles. The molecule has 36 heavy (non-hydrogen) atoms. The first-order chi connectivity index (χ1) is 17.5. The summed E-state index contributed by atoms with van der Waals surface area (Å²) in [5.41, 5.74) is 2.54. The van der Waals surface area contributed by atoms with Gasteiger partial charge in [0.1, 0.15) is 18.1 Å². The third-order valence-electron chi connectivity index (χ3n) is 7.56.